The van der Waals surface area contributed by atoms with Crippen LogP contribution in [-0.4, -0.2) is 57.4 Å². The van der Waals surface area contributed by atoms with Crippen LogP contribution in [0.3, 0.4) is 0 Å². The quantitative estimate of drug-likeness (QED) is 0.164. The number of benzene rings is 1. The third kappa shape index (κ3) is 12.9. The third-order valence-electron chi connectivity index (χ3n) is 2.93. The van der Waals surface area contributed by atoms with Gasteiger partial charge in [0.2, 0.25) is 0 Å². The summed E-state index contributed by atoms with van der Waals surface area (Å²) in [7, 11) is 0. The number of Topliss-reactive ketones (excluding diaryl/α,β-unsaturated/α-hetero) is 1. The van der Waals surface area contributed by atoms with Crippen LogP contribution in [0.1, 0.15) is 31.1 Å². The molecule has 1 rings (SSSR count). The minimum absolute atomic E-state index is 0.0455. The van der Waals surface area contributed by atoms with Crippen LogP contribution in [-0.2, 0) is 14.3 Å². The SMILES string of the molecule is CC.CC(=O)COCCOC(N)COc1cccc(C(=O)NCCNN)c1. The molecule has 27 heavy (non-hydrogen) atoms. The van der Waals surface area contributed by atoms with Gasteiger partial charge in [0.1, 0.15) is 25.2 Å². The Bertz CT molecular complexity index is 542. The smallest absolute Gasteiger partial charge is 0.251 e. The van der Waals surface area contributed by atoms with Crippen molar-refractivity contribution < 1.29 is 23.8 Å². The molecule has 0 spiro atoms. The van der Waals surface area contributed by atoms with Gasteiger partial charge in [-0.25, -0.2) is 0 Å². The zero-order chi connectivity index (χ0) is 20.5. The van der Waals surface area contributed by atoms with Crippen LogP contribution in [0.4, 0.5) is 0 Å². The van der Waals surface area contributed by atoms with Crippen molar-refractivity contribution in [2.24, 2.45) is 11.6 Å². The van der Waals surface area contributed by atoms with Gasteiger partial charge >= 0.3 is 0 Å². The minimum atomic E-state index is -0.644. The van der Waals surface area contributed by atoms with Crippen LogP contribution in [0.2, 0.25) is 0 Å². The molecule has 0 aliphatic heterocycles. The Hall–Kier alpha value is -2.04. The maximum atomic E-state index is 11.9. The molecule has 1 aromatic rings. The van der Waals surface area contributed by atoms with Gasteiger partial charge in [0.05, 0.1) is 13.2 Å². The van der Waals surface area contributed by atoms with Gasteiger partial charge in [0, 0.05) is 18.7 Å². The van der Waals surface area contributed by atoms with E-state index in [0.717, 1.165) is 0 Å². The van der Waals surface area contributed by atoms with E-state index in [1.807, 2.05) is 13.8 Å². The van der Waals surface area contributed by atoms with Crippen molar-refractivity contribution in [3.8, 4) is 5.75 Å². The molecule has 0 fully saturated rings. The van der Waals surface area contributed by atoms with E-state index < -0.39 is 6.23 Å². The first-order valence-electron chi connectivity index (χ1n) is 8.92. The fraction of sp³-hybridized carbons (Fsp3) is 0.556. The summed E-state index contributed by atoms with van der Waals surface area (Å²) < 4.78 is 15.9. The molecular formula is C18H32N4O5. The van der Waals surface area contributed by atoms with Gasteiger partial charge in [0.25, 0.3) is 5.91 Å². The van der Waals surface area contributed by atoms with Gasteiger partial charge in [-0.15, -0.1) is 0 Å². The number of rotatable bonds is 13. The van der Waals surface area contributed by atoms with Gasteiger partial charge in [-0.2, -0.15) is 0 Å². The van der Waals surface area contributed by atoms with Crippen molar-refractivity contribution >= 4 is 11.7 Å². The zero-order valence-electron chi connectivity index (χ0n) is 16.3. The molecule has 0 radical (unpaired) electrons. The molecule has 6 N–H and O–H groups in total. The van der Waals surface area contributed by atoms with Gasteiger partial charge in [0.15, 0.2) is 5.78 Å². The summed E-state index contributed by atoms with van der Waals surface area (Å²) in [5.41, 5.74) is 8.70. The lowest BCUT2D eigenvalue weighted by atomic mass is 10.2. The van der Waals surface area contributed by atoms with Crippen molar-refractivity contribution in [2.45, 2.75) is 27.0 Å². The maximum absolute atomic E-state index is 11.9. The predicted molar refractivity (Wildman–Crippen MR) is 103 cm³/mol. The second-order valence-corrected chi connectivity index (χ2v) is 5.21. The second-order valence-electron chi connectivity index (χ2n) is 5.21. The molecule has 0 heterocycles. The number of ketones is 1. The maximum Gasteiger partial charge on any atom is 0.251 e. The molecule has 0 saturated carbocycles. The number of nitrogens with one attached hydrogen (secondary N) is 2. The molecule has 154 valence electrons. The van der Waals surface area contributed by atoms with Gasteiger partial charge in [-0.3, -0.25) is 20.9 Å². The van der Waals surface area contributed by atoms with Gasteiger partial charge < -0.3 is 25.3 Å². The number of ether oxygens (including phenoxy) is 3. The number of carbonyl (C=O) groups excluding carboxylic acids is 2. The molecule has 1 aromatic carbocycles. The van der Waals surface area contributed by atoms with E-state index in [0.29, 0.717) is 24.4 Å². The molecular weight excluding hydrogens is 352 g/mol. The number of amides is 1. The predicted octanol–water partition coefficient (Wildman–Crippen LogP) is 0.192. The lowest BCUT2D eigenvalue weighted by molar-refractivity contribution is -0.122. The summed E-state index contributed by atoms with van der Waals surface area (Å²) in [5.74, 6) is 5.39. The molecule has 0 bridgehead atoms. The van der Waals surface area contributed by atoms with Crippen LogP contribution >= 0.6 is 0 Å². The zero-order valence-corrected chi connectivity index (χ0v) is 16.3. The van der Waals surface area contributed by atoms with Crippen LogP contribution in [0.5, 0.6) is 5.75 Å². The summed E-state index contributed by atoms with van der Waals surface area (Å²) >= 11 is 0. The molecule has 9 nitrogen and oxygen atoms in total. The van der Waals surface area contributed by atoms with E-state index in [2.05, 4.69) is 10.7 Å². The highest BCUT2D eigenvalue weighted by Crippen LogP contribution is 2.13. The fourth-order valence-corrected chi connectivity index (χ4v) is 1.78. The number of carbonyl (C=O) groups is 2. The topological polar surface area (TPSA) is 138 Å². The molecule has 0 aromatic heterocycles. The first kappa shape index (κ1) is 25.0. The molecule has 0 aliphatic carbocycles. The fourth-order valence-electron chi connectivity index (χ4n) is 1.78. The van der Waals surface area contributed by atoms with Gasteiger partial charge in [-0.1, -0.05) is 19.9 Å². The van der Waals surface area contributed by atoms with Gasteiger partial charge in [-0.05, 0) is 25.1 Å². The largest absolute Gasteiger partial charge is 0.489 e. The highest BCUT2D eigenvalue weighted by Gasteiger charge is 2.08. The average molecular weight is 384 g/mol. The molecule has 1 unspecified atom stereocenters. The van der Waals surface area contributed by atoms with Crippen molar-refractivity contribution in [3.63, 3.8) is 0 Å². The van der Waals surface area contributed by atoms with Crippen molar-refractivity contribution in [1.29, 1.82) is 0 Å². The molecule has 1 amide bonds. The summed E-state index contributed by atoms with van der Waals surface area (Å²) in [5, 5.41) is 2.72. The first-order valence-corrected chi connectivity index (χ1v) is 8.92. The summed E-state index contributed by atoms with van der Waals surface area (Å²) in [6, 6.07) is 6.74. The van der Waals surface area contributed by atoms with Crippen LogP contribution in [0.25, 0.3) is 0 Å². The Kier molecular flexibility index (Phi) is 14.9. The van der Waals surface area contributed by atoms with Crippen molar-refractivity contribution in [3.05, 3.63) is 29.8 Å². The Morgan fingerprint density at radius 1 is 1.19 bits per heavy atom. The average Bonchev–Trinajstić information content (AvgIpc) is 2.67. The molecule has 1 atom stereocenters. The van der Waals surface area contributed by atoms with E-state index in [4.69, 9.17) is 25.8 Å². The molecule has 9 heteroatoms. The normalized spacial score (nSPS) is 11.1. The summed E-state index contributed by atoms with van der Waals surface area (Å²) in [6.45, 7) is 7.06. The Morgan fingerprint density at radius 2 is 1.93 bits per heavy atom. The van der Waals surface area contributed by atoms with Crippen LogP contribution < -0.4 is 27.1 Å². The number of hydrogen-bond acceptors (Lipinski definition) is 8. The van der Waals surface area contributed by atoms with Crippen LogP contribution in [0, 0.1) is 0 Å². The number of hydrogen-bond donors (Lipinski definition) is 4. The minimum Gasteiger partial charge on any atom is -0.489 e. The van der Waals surface area contributed by atoms with Crippen LogP contribution in [0.15, 0.2) is 24.3 Å². The standard InChI is InChI=1S/C16H26N4O5.C2H6/c1-12(21)10-23-7-8-24-15(17)11-25-14-4-2-3-13(9-14)16(22)19-5-6-20-18;1-2/h2-4,9,15,20H,5-8,10-11,17-18H2,1H3,(H,19,22);1-2H3. The van der Waals surface area contributed by atoms with E-state index in [1.165, 1.54) is 6.92 Å². The lowest BCUT2D eigenvalue weighted by Gasteiger charge is -2.14. The Labute approximate surface area is 160 Å². The summed E-state index contributed by atoms with van der Waals surface area (Å²) in [6.07, 6.45) is -0.644. The Morgan fingerprint density at radius 3 is 2.59 bits per heavy atom. The number of nitrogens with two attached hydrogens (primary N) is 2. The molecule has 0 saturated heterocycles. The first-order chi connectivity index (χ1) is 13.0. The van der Waals surface area contributed by atoms with Crippen molar-refractivity contribution in [2.75, 3.05) is 39.5 Å². The third-order valence-corrected chi connectivity index (χ3v) is 2.93. The molecule has 0 aliphatic rings. The second kappa shape index (κ2) is 16.2. The number of hydrazine groups is 1. The monoisotopic (exact) mass is 384 g/mol. The van der Waals surface area contributed by atoms with E-state index >= 15 is 0 Å². The summed E-state index contributed by atoms with van der Waals surface area (Å²) in [4.78, 5) is 22.6. The highest BCUT2D eigenvalue weighted by molar-refractivity contribution is 5.94. The Balaban J connectivity index is 0.00000326. The highest BCUT2D eigenvalue weighted by atomic mass is 16.6. The van der Waals surface area contributed by atoms with E-state index in [-0.39, 0.29) is 38.1 Å². The van der Waals surface area contributed by atoms with E-state index in [9.17, 15) is 9.59 Å². The lowest BCUT2D eigenvalue weighted by Crippen LogP contribution is -2.34. The van der Waals surface area contributed by atoms with E-state index in [1.54, 1.807) is 24.3 Å². The van der Waals surface area contributed by atoms with Crippen molar-refractivity contribution in [1.82, 2.24) is 10.7 Å².